The van der Waals surface area contributed by atoms with Gasteiger partial charge >= 0.3 is 0 Å². The fraction of sp³-hybridized carbons (Fsp3) is 0.200. The molecule has 0 spiro atoms. The van der Waals surface area contributed by atoms with Crippen molar-refractivity contribution in [1.29, 1.82) is 0 Å². The average Bonchev–Trinajstić information content (AvgIpc) is 3.17. The molecule has 2 atom stereocenters. The molecule has 0 aromatic heterocycles. The van der Waals surface area contributed by atoms with Crippen molar-refractivity contribution in [3.63, 3.8) is 0 Å². The second-order valence-corrected chi connectivity index (χ2v) is 8.65. The minimum Gasteiger partial charge on any atom is -0.418 e. The molecular weight excluding hydrogens is 284 g/mol. The van der Waals surface area contributed by atoms with Crippen LogP contribution in [0.3, 0.4) is 0 Å². The molecule has 0 saturated heterocycles. The van der Waals surface area contributed by atoms with E-state index in [4.69, 9.17) is 4.43 Å². The van der Waals surface area contributed by atoms with Gasteiger partial charge in [-0.2, -0.15) is 0 Å². The van der Waals surface area contributed by atoms with E-state index in [9.17, 15) is 0 Å². The lowest BCUT2D eigenvalue weighted by Gasteiger charge is -2.27. The van der Waals surface area contributed by atoms with E-state index >= 15 is 0 Å². The van der Waals surface area contributed by atoms with E-state index in [1.807, 2.05) is 0 Å². The minimum atomic E-state index is -1.49. The minimum absolute atomic E-state index is 0.469. The highest BCUT2D eigenvalue weighted by atomic mass is 28.3. The van der Waals surface area contributed by atoms with Crippen LogP contribution in [0.25, 0.3) is 12.2 Å². The summed E-state index contributed by atoms with van der Waals surface area (Å²) in [6.45, 7) is 2.92. The van der Waals surface area contributed by atoms with E-state index < -0.39 is 9.04 Å². The molecule has 0 aliphatic heterocycles. The number of fused-ring (bicyclic) bond motifs is 2. The second kappa shape index (κ2) is 5.71. The first kappa shape index (κ1) is 13.7. The molecule has 110 valence electrons. The SMILES string of the molecule is CCO[SiH](C1C=Cc2ccccc21)C1C=Cc2ccccc21. The van der Waals surface area contributed by atoms with Crippen molar-refractivity contribution in [3.8, 4) is 0 Å². The molecule has 0 radical (unpaired) electrons. The largest absolute Gasteiger partial charge is 0.418 e. The average molecular weight is 304 g/mol. The van der Waals surface area contributed by atoms with E-state index in [2.05, 4.69) is 79.8 Å². The maximum atomic E-state index is 6.36. The zero-order chi connectivity index (χ0) is 14.9. The Kier molecular flexibility index (Phi) is 3.57. The van der Waals surface area contributed by atoms with Crippen LogP contribution in [0.4, 0.5) is 0 Å². The lowest BCUT2D eigenvalue weighted by molar-refractivity contribution is 0.334. The van der Waals surface area contributed by atoms with E-state index in [-0.39, 0.29) is 0 Å². The summed E-state index contributed by atoms with van der Waals surface area (Å²) in [5.74, 6) is 0. The van der Waals surface area contributed by atoms with E-state index in [0.29, 0.717) is 11.1 Å². The van der Waals surface area contributed by atoms with Crippen LogP contribution < -0.4 is 0 Å². The molecule has 0 N–H and O–H groups in total. The van der Waals surface area contributed by atoms with Gasteiger partial charge in [-0.05, 0) is 29.2 Å². The summed E-state index contributed by atoms with van der Waals surface area (Å²) in [5.41, 5.74) is 6.56. The topological polar surface area (TPSA) is 9.23 Å². The molecule has 1 nitrogen and oxygen atoms in total. The summed E-state index contributed by atoms with van der Waals surface area (Å²) in [5, 5.41) is 0. The van der Waals surface area contributed by atoms with Crippen molar-refractivity contribution in [2.75, 3.05) is 6.61 Å². The highest BCUT2D eigenvalue weighted by Gasteiger charge is 2.36. The molecule has 2 aliphatic rings. The van der Waals surface area contributed by atoms with Gasteiger partial charge in [-0.3, -0.25) is 0 Å². The lowest BCUT2D eigenvalue weighted by atomic mass is 10.1. The van der Waals surface area contributed by atoms with Gasteiger partial charge in [-0.25, -0.2) is 0 Å². The van der Waals surface area contributed by atoms with Crippen molar-refractivity contribution in [2.24, 2.45) is 0 Å². The van der Waals surface area contributed by atoms with Crippen LogP contribution in [0.5, 0.6) is 0 Å². The van der Waals surface area contributed by atoms with Crippen molar-refractivity contribution < 1.29 is 4.43 Å². The maximum Gasteiger partial charge on any atom is 0.199 e. The monoisotopic (exact) mass is 304 g/mol. The molecule has 22 heavy (non-hydrogen) atoms. The number of rotatable bonds is 4. The van der Waals surface area contributed by atoms with Crippen LogP contribution in [0, 0.1) is 0 Å². The zero-order valence-electron chi connectivity index (χ0n) is 12.8. The van der Waals surface area contributed by atoms with E-state index in [0.717, 1.165) is 6.61 Å². The van der Waals surface area contributed by atoms with Gasteiger partial charge < -0.3 is 4.43 Å². The number of allylic oxidation sites excluding steroid dienone is 2. The third kappa shape index (κ3) is 2.19. The van der Waals surface area contributed by atoms with Crippen molar-refractivity contribution in [3.05, 3.63) is 82.9 Å². The first-order valence-corrected chi connectivity index (χ1v) is 9.85. The number of benzene rings is 2. The Labute approximate surface area is 133 Å². The zero-order valence-corrected chi connectivity index (χ0v) is 13.9. The summed E-state index contributed by atoms with van der Waals surface area (Å²) in [4.78, 5) is 0. The van der Waals surface area contributed by atoms with Crippen LogP contribution in [0.15, 0.2) is 60.7 Å². The van der Waals surface area contributed by atoms with Crippen molar-refractivity contribution >= 4 is 21.2 Å². The molecule has 2 aliphatic carbocycles. The summed E-state index contributed by atoms with van der Waals surface area (Å²) in [7, 11) is -1.49. The third-order valence-corrected chi connectivity index (χ3v) is 8.04. The Morgan fingerprint density at radius 3 is 1.82 bits per heavy atom. The van der Waals surface area contributed by atoms with E-state index in [1.165, 1.54) is 22.3 Å². The van der Waals surface area contributed by atoms with Crippen LogP contribution in [0.2, 0.25) is 0 Å². The van der Waals surface area contributed by atoms with Gasteiger partial charge in [-0.15, -0.1) is 0 Å². The van der Waals surface area contributed by atoms with Crippen LogP contribution >= 0.6 is 0 Å². The van der Waals surface area contributed by atoms with Gasteiger partial charge in [0.15, 0.2) is 9.04 Å². The van der Waals surface area contributed by atoms with E-state index in [1.54, 1.807) is 0 Å². The molecule has 2 aromatic rings. The maximum absolute atomic E-state index is 6.36. The molecule has 0 fully saturated rings. The highest BCUT2D eigenvalue weighted by molar-refractivity contribution is 6.57. The smallest absolute Gasteiger partial charge is 0.199 e. The number of hydrogen-bond acceptors (Lipinski definition) is 1. The van der Waals surface area contributed by atoms with Gasteiger partial charge in [0.05, 0.1) is 0 Å². The van der Waals surface area contributed by atoms with Crippen molar-refractivity contribution in [2.45, 2.75) is 18.0 Å². The molecule has 0 amide bonds. The Balaban J connectivity index is 1.72. The molecule has 4 rings (SSSR count). The Bertz CT molecular complexity index is 685. The predicted molar refractivity (Wildman–Crippen MR) is 95.2 cm³/mol. The molecule has 0 heterocycles. The second-order valence-electron chi connectivity index (χ2n) is 5.95. The first-order valence-electron chi connectivity index (χ1n) is 8.04. The van der Waals surface area contributed by atoms with Crippen LogP contribution in [-0.2, 0) is 4.43 Å². The molecular formula is C20H20OSi. The Hall–Kier alpha value is -1.90. The first-order chi connectivity index (χ1) is 10.9. The highest BCUT2D eigenvalue weighted by Crippen LogP contribution is 2.41. The van der Waals surface area contributed by atoms with Crippen LogP contribution in [-0.4, -0.2) is 15.6 Å². The fourth-order valence-corrected chi connectivity index (χ4v) is 6.97. The molecule has 0 saturated carbocycles. The number of hydrogen-bond donors (Lipinski definition) is 0. The molecule has 2 heteroatoms. The standard InChI is InChI=1S/C20H20OSi/c1-2-21-22(19-13-11-15-7-3-5-9-17(15)19)20-14-12-16-8-4-6-10-18(16)20/h3-14,19-20,22H,2H2,1H3. The summed E-state index contributed by atoms with van der Waals surface area (Å²) in [6.07, 6.45) is 9.27. The Morgan fingerprint density at radius 2 is 1.32 bits per heavy atom. The summed E-state index contributed by atoms with van der Waals surface area (Å²) in [6, 6.07) is 17.5. The van der Waals surface area contributed by atoms with Crippen molar-refractivity contribution in [1.82, 2.24) is 0 Å². The predicted octanol–water partition coefficient (Wildman–Crippen LogP) is 4.45. The third-order valence-electron chi connectivity index (χ3n) is 4.74. The Morgan fingerprint density at radius 1 is 0.818 bits per heavy atom. The molecule has 2 aromatic carbocycles. The fourth-order valence-electron chi connectivity index (χ4n) is 3.75. The van der Waals surface area contributed by atoms with Gasteiger partial charge in [0, 0.05) is 17.7 Å². The molecule has 0 bridgehead atoms. The van der Waals surface area contributed by atoms with Gasteiger partial charge in [0.1, 0.15) is 0 Å². The quantitative estimate of drug-likeness (QED) is 0.759. The summed E-state index contributed by atoms with van der Waals surface area (Å²) >= 11 is 0. The van der Waals surface area contributed by atoms with Gasteiger partial charge in [0.25, 0.3) is 0 Å². The van der Waals surface area contributed by atoms with Crippen LogP contribution in [0.1, 0.15) is 40.3 Å². The van der Waals surface area contributed by atoms with Gasteiger partial charge in [-0.1, -0.05) is 72.8 Å². The molecule has 2 unspecified atom stereocenters. The van der Waals surface area contributed by atoms with Gasteiger partial charge in [0.2, 0.25) is 0 Å². The summed E-state index contributed by atoms with van der Waals surface area (Å²) < 4.78 is 6.36. The lowest BCUT2D eigenvalue weighted by Crippen LogP contribution is -2.32. The normalized spacial score (nSPS) is 22.6.